The minimum Gasteiger partial charge on any atom is -0.299 e. The molecular weight excluding hydrogens is 641 g/mol. The minimum absolute atomic E-state index is 0.0489. The normalized spacial score (nSPS) is 22.4. The van der Waals surface area contributed by atoms with E-state index in [1.54, 1.807) is 48.5 Å². The summed E-state index contributed by atoms with van der Waals surface area (Å²) in [5, 5.41) is 1.84. The lowest BCUT2D eigenvalue weighted by atomic mass is 9.77. The molecule has 7 rings (SSSR count). The Morgan fingerprint density at radius 2 is 1.15 bits per heavy atom. The standard InChI is InChI=1S/C39H38N2O5S2/c1-26-11-17-30(18-12-26)36-24-39(42)35-25-40(47(43,44)31-19-13-27(2)14-20-31)37(34-10-6-8-29-7-4-5-9-33(29)34)23-38(35)41(36)48(45,46)32-21-15-28(3)16-22-32/h4-22,35-38H,23-25H2,1-3H3/t35-,36?,37?,38+/m1/s1. The topological polar surface area (TPSA) is 91.8 Å². The number of sulfonamides is 2. The molecule has 0 bridgehead atoms. The van der Waals surface area contributed by atoms with Gasteiger partial charge in [-0.1, -0.05) is 108 Å². The van der Waals surface area contributed by atoms with E-state index in [2.05, 4.69) is 0 Å². The molecule has 4 atom stereocenters. The summed E-state index contributed by atoms with van der Waals surface area (Å²) >= 11 is 0. The summed E-state index contributed by atoms with van der Waals surface area (Å²) in [4.78, 5) is 14.5. The van der Waals surface area contributed by atoms with Gasteiger partial charge in [0, 0.05) is 24.9 Å². The van der Waals surface area contributed by atoms with Crippen molar-refractivity contribution in [2.75, 3.05) is 6.54 Å². The number of Topliss-reactive ketones (excluding diaryl/α,β-unsaturated/α-hetero) is 1. The molecule has 2 heterocycles. The van der Waals surface area contributed by atoms with Crippen LogP contribution in [0.5, 0.6) is 0 Å². The lowest BCUT2D eigenvalue weighted by Gasteiger charge is -2.51. The van der Waals surface area contributed by atoms with Crippen LogP contribution in [0.25, 0.3) is 10.8 Å². The number of nitrogens with zero attached hydrogens (tertiary/aromatic N) is 2. The molecule has 0 saturated carbocycles. The number of hydrogen-bond donors (Lipinski definition) is 0. The van der Waals surface area contributed by atoms with E-state index in [9.17, 15) is 21.6 Å². The minimum atomic E-state index is -4.12. The van der Waals surface area contributed by atoms with Gasteiger partial charge in [0.2, 0.25) is 20.0 Å². The molecule has 2 aliphatic rings. The fourth-order valence-corrected chi connectivity index (χ4v) is 10.9. The Bertz CT molecular complexity index is 2210. The molecule has 2 aliphatic heterocycles. The van der Waals surface area contributed by atoms with E-state index < -0.39 is 44.1 Å². The van der Waals surface area contributed by atoms with Crippen LogP contribution in [0.2, 0.25) is 0 Å². The Morgan fingerprint density at radius 3 is 1.77 bits per heavy atom. The van der Waals surface area contributed by atoms with Crippen LogP contribution in [0.3, 0.4) is 0 Å². The molecule has 2 fully saturated rings. The molecule has 7 nitrogen and oxygen atoms in total. The molecule has 9 heteroatoms. The van der Waals surface area contributed by atoms with E-state index in [0.717, 1.165) is 38.6 Å². The number of fused-ring (bicyclic) bond motifs is 2. The monoisotopic (exact) mass is 678 g/mol. The molecule has 2 unspecified atom stereocenters. The highest BCUT2D eigenvalue weighted by Gasteiger charge is 2.54. The van der Waals surface area contributed by atoms with E-state index in [0.29, 0.717) is 0 Å². The van der Waals surface area contributed by atoms with Crippen LogP contribution in [0, 0.1) is 26.7 Å². The Hall–Kier alpha value is -4.15. The van der Waals surface area contributed by atoms with Crippen molar-refractivity contribution in [2.45, 2.75) is 61.5 Å². The van der Waals surface area contributed by atoms with Crippen molar-refractivity contribution in [3.05, 3.63) is 143 Å². The summed E-state index contributed by atoms with van der Waals surface area (Å²) in [6, 6.07) is 32.5. The second-order valence-corrected chi connectivity index (χ2v) is 16.9. The van der Waals surface area contributed by atoms with E-state index >= 15 is 0 Å². The first-order valence-corrected chi connectivity index (χ1v) is 19.1. The van der Waals surface area contributed by atoms with Crippen LogP contribution in [0.1, 0.15) is 52.7 Å². The summed E-state index contributed by atoms with van der Waals surface area (Å²) in [6.07, 6.45) is 0.0651. The largest absolute Gasteiger partial charge is 0.299 e. The lowest BCUT2D eigenvalue weighted by Crippen LogP contribution is -2.60. The van der Waals surface area contributed by atoms with Crippen molar-refractivity contribution < 1.29 is 21.6 Å². The predicted molar refractivity (Wildman–Crippen MR) is 187 cm³/mol. The van der Waals surface area contributed by atoms with Gasteiger partial charge in [0.25, 0.3) is 0 Å². The quantitative estimate of drug-likeness (QED) is 0.188. The SMILES string of the molecule is Cc1ccc(C2CC(=O)[C@@H]3CN(S(=O)(=O)c4ccc(C)cc4)C(c4cccc5ccccc45)C[C@@H]3N2S(=O)(=O)c2ccc(C)cc2)cc1. The van der Waals surface area contributed by atoms with E-state index in [1.165, 1.54) is 8.61 Å². The van der Waals surface area contributed by atoms with Gasteiger partial charge >= 0.3 is 0 Å². The van der Waals surface area contributed by atoms with Gasteiger partial charge in [-0.3, -0.25) is 4.79 Å². The highest BCUT2D eigenvalue weighted by molar-refractivity contribution is 7.89. The summed E-state index contributed by atoms with van der Waals surface area (Å²) in [5.41, 5.74) is 4.40. The van der Waals surface area contributed by atoms with Gasteiger partial charge in [-0.15, -0.1) is 0 Å². The number of rotatable bonds is 6. The number of carbonyl (C=O) groups excluding carboxylic acids is 1. The fourth-order valence-electron chi connectivity index (χ4n) is 7.38. The molecule has 0 N–H and O–H groups in total. The maximum Gasteiger partial charge on any atom is 0.243 e. The number of hydrogen-bond acceptors (Lipinski definition) is 5. The number of carbonyl (C=O) groups is 1. The molecule has 48 heavy (non-hydrogen) atoms. The van der Waals surface area contributed by atoms with Crippen molar-refractivity contribution in [1.82, 2.24) is 8.61 Å². The van der Waals surface area contributed by atoms with Gasteiger partial charge in [-0.05, 0) is 73.4 Å². The van der Waals surface area contributed by atoms with Gasteiger partial charge in [-0.25, -0.2) is 16.8 Å². The van der Waals surface area contributed by atoms with Crippen LogP contribution in [-0.4, -0.2) is 43.8 Å². The van der Waals surface area contributed by atoms with E-state index in [1.807, 2.05) is 87.5 Å². The summed E-state index contributed by atoms with van der Waals surface area (Å²) in [7, 11) is -8.21. The zero-order valence-electron chi connectivity index (χ0n) is 27.2. The zero-order chi connectivity index (χ0) is 33.8. The van der Waals surface area contributed by atoms with Gasteiger partial charge < -0.3 is 0 Å². The molecule has 0 radical (unpaired) electrons. The Kier molecular flexibility index (Phi) is 8.36. The van der Waals surface area contributed by atoms with Crippen molar-refractivity contribution in [1.29, 1.82) is 0 Å². The Labute approximate surface area is 282 Å². The van der Waals surface area contributed by atoms with Gasteiger partial charge in [0.05, 0.1) is 21.9 Å². The molecule has 0 aliphatic carbocycles. The molecule has 0 amide bonds. The van der Waals surface area contributed by atoms with Crippen molar-refractivity contribution in [2.24, 2.45) is 5.92 Å². The predicted octanol–water partition coefficient (Wildman–Crippen LogP) is 7.29. The van der Waals surface area contributed by atoms with Crippen LogP contribution in [0.15, 0.2) is 125 Å². The smallest absolute Gasteiger partial charge is 0.243 e. The summed E-state index contributed by atoms with van der Waals surface area (Å²) in [6.45, 7) is 5.63. The third-order valence-corrected chi connectivity index (χ3v) is 13.8. The van der Waals surface area contributed by atoms with Crippen LogP contribution in [0.4, 0.5) is 0 Å². The molecular formula is C39H38N2O5S2. The van der Waals surface area contributed by atoms with Gasteiger partial charge in [0.15, 0.2) is 0 Å². The molecule has 5 aromatic carbocycles. The van der Waals surface area contributed by atoms with Crippen molar-refractivity contribution in [3.8, 4) is 0 Å². The number of piperidine rings is 2. The second kappa shape index (κ2) is 12.4. The fraction of sp³-hybridized carbons (Fsp3) is 0.256. The maximum atomic E-state index is 14.8. The third-order valence-electron chi connectivity index (χ3n) is 9.96. The highest BCUT2D eigenvalue weighted by atomic mass is 32.2. The van der Waals surface area contributed by atoms with Gasteiger partial charge in [0.1, 0.15) is 5.78 Å². The number of aryl methyl sites for hydroxylation is 3. The molecule has 5 aromatic rings. The summed E-state index contributed by atoms with van der Waals surface area (Å²) in [5.74, 6) is -0.986. The molecule has 0 aromatic heterocycles. The third kappa shape index (κ3) is 5.68. The molecule has 2 saturated heterocycles. The van der Waals surface area contributed by atoms with Crippen LogP contribution >= 0.6 is 0 Å². The number of ketones is 1. The average molecular weight is 679 g/mol. The van der Waals surface area contributed by atoms with E-state index in [-0.39, 0.29) is 35.0 Å². The van der Waals surface area contributed by atoms with Gasteiger partial charge in [-0.2, -0.15) is 8.61 Å². The van der Waals surface area contributed by atoms with E-state index in [4.69, 9.17) is 0 Å². The van der Waals surface area contributed by atoms with Crippen LogP contribution < -0.4 is 0 Å². The molecule has 0 spiro atoms. The van der Waals surface area contributed by atoms with Crippen molar-refractivity contribution in [3.63, 3.8) is 0 Å². The molecule has 246 valence electrons. The first kappa shape index (κ1) is 32.4. The Morgan fingerprint density at radius 1 is 0.604 bits per heavy atom. The van der Waals surface area contributed by atoms with Crippen LogP contribution in [-0.2, 0) is 24.8 Å². The Balaban J connectivity index is 1.42. The van der Waals surface area contributed by atoms with Crippen molar-refractivity contribution >= 4 is 36.6 Å². The lowest BCUT2D eigenvalue weighted by molar-refractivity contribution is -0.132. The second-order valence-electron chi connectivity index (χ2n) is 13.1. The average Bonchev–Trinajstić information content (AvgIpc) is 3.08. The summed E-state index contributed by atoms with van der Waals surface area (Å²) < 4.78 is 61.6. The maximum absolute atomic E-state index is 14.8. The first-order valence-electron chi connectivity index (χ1n) is 16.2. The highest BCUT2D eigenvalue weighted by Crippen LogP contribution is 2.49. The first-order chi connectivity index (χ1) is 22.9. The zero-order valence-corrected chi connectivity index (χ0v) is 28.8. The number of benzene rings is 5.